The highest BCUT2D eigenvalue weighted by Gasteiger charge is 2.40. The van der Waals surface area contributed by atoms with Gasteiger partial charge < -0.3 is 9.57 Å². The summed E-state index contributed by atoms with van der Waals surface area (Å²) in [7, 11) is -4.92. The minimum absolute atomic E-state index is 0.264. The van der Waals surface area contributed by atoms with Gasteiger partial charge in [-0.05, 0) is 49.5 Å². The van der Waals surface area contributed by atoms with Crippen LogP contribution in [0.4, 0.5) is 10.5 Å². The number of carbonyl (C=O) groups excluding carboxylic acids is 2. The molecule has 0 fully saturated rings. The topological polar surface area (TPSA) is 133 Å². The first-order valence-electron chi connectivity index (χ1n) is 8.43. The molecule has 13 heteroatoms. The number of hydrogen-bond acceptors (Lipinski definition) is 8. The Hall–Kier alpha value is -2.89. The van der Waals surface area contributed by atoms with Gasteiger partial charge in [-0.3, -0.25) is 10.1 Å². The summed E-state index contributed by atoms with van der Waals surface area (Å²) in [5, 5.41) is 10.1. The second kappa shape index (κ2) is 9.08. The Balaban J connectivity index is 2.49. The molecule has 2 aromatic carbocycles. The maximum atomic E-state index is 13.1. The van der Waals surface area contributed by atoms with Crippen molar-refractivity contribution < 1.29 is 32.5 Å². The van der Waals surface area contributed by atoms with Crippen molar-refractivity contribution >= 4 is 51.0 Å². The second-order valence-corrected chi connectivity index (χ2v) is 9.45. The zero-order valence-corrected chi connectivity index (χ0v) is 18.7. The quantitative estimate of drug-likeness (QED) is 0.448. The summed E-state index contributed by atoms with van der Waals surface area (Å²) in [6.45, 7) is 4.41. The lowest BCUT2D eigenvalue weighted by Gasteiger charge is -2.25. The molecule has 166 valence electrons. The SMILES string of the molecule is CC(C)(C)OC(=O)N(OC(=O)c1ccc([N+](=O)[O-])cc1)S(=O)(=O)c1c(Cl)cccc1Cl. The van der Waals surface area contributed by atoms with Crippen molar-refractivity contribution in [3.8, 4) is 0 Å². The van der Waals surface area contributed by atoms with Gasteiger partial charge in [0.1, 0.15) is 10.5 Å². The van der Waals surface area contributed by atoms with E-state index in [1.54, 1.807) is 0 Å². The van der Waals surface area contributed by atoms with Crippen molar-refractivity contribution in [2.24, 2.45) is 0 Å². The Bertz CT molecular complexity index is 1110. The van der Waals surface area contributed by atoms with Gasteiger partial charge in [0.15, 0.2) is 0 Å². The molecule has 31 heavy (non-hydrogen) atoms. The molecule has 0 saturated carbocycles. The van der Waals surface area contributed by atoms with Gasteiger partial charge in [-0.1, -0.05) is 29.3 Å². The van der Waals surface area contributed by atoms with Crippen LogP contribution >= 0.6 is 23.2 Å². The Morgan fingerprint density at radius 2 is 1.55 bits per heavy atom. The number of amides is 1. The lowest BCUT2D eigenvalue weighted by molar-refractivity contribution is -0.384. The zero-order valence-electron chi connectivity index (χ0n) is 16.4. The molecule has 0 aliphatic heterocycles. The van der Waals surface area contributed by atoms with Crippen molar-refractivity contribution in [1.29, 1.82) is 0 Å². The van der Waals surface area contributed by atoms with Crippen molar-refractivity contribution in [3.05, 3.63) is 68.2 Å². The van der Waals surface area contributed by atoms with Gasteiger partial charge >= 0.3 is 22.1 Å². The van der Waals surface area contributed by atoms with Crippen LogP contribution in [0, 0.1) is 10.1 Å². The third kappa shape index (κ3) is 5.84. The number of non-ortho nitro benzene ring substituents is 1. The highest BCUT2D eigenvalue weighted by Crippen LogP contribution is 2.32. The zero-order chi connectivity index (χ0) is 23.6. The lowest BCUT2D eigenvalue weighted by Crippen LogP contribution is -2.42. The first-order valence-corrected chi connectivity index (χ1v) is 10.6. The molecule has 0 heterocycles. The number of rotatable bonds is 4. The first-order chi connectivity index (χ1) is 14.2. The lowest BCUT2D eigenvalue weighted by atomic mass is 10.2. The minimum atomic E-state index is -4.92. The number of hydroxylamine groups is 1. The molecule has 0 spiro atoms. The van der Waals surface area contributed by atoms with Crippen molar-refractivity contribution in [1.82, 2.24) is 4.47 Å². The largest absolute Gasteiger partial charge is 0.459 e. The predicted octanol–water partition coefficient (Wildman–Crippen LogP) is 4.60. The Labute approximate surface area is 187 Å². The highest BCUT2D eigenvalue weighted by molar-refractivity contribution is 7.89. The maximum absolute atomic E-state index is 13.1. The Morgan fingerprint density at radius 1 is 1.03 bits per heavy atom. The Morgan fingerprint density at radius 3 is 2.00 bits per heavy atom. The third-order valence-electron chi connectivity index (χ3n) is 3.42. The van der Waals surface area contributed by atoms with E-state index < -0.39 is 37.5 Å². The number of hydrogen-bond donors (Lipinski definition) is 0. The number of nitro benzene ring substituents is 1. The molecule has 0 saturated heterocycles. The Kier molecular flexibility index (Phi) is 7.14. The molecule has 0 unspecified atom stereocenters. The van der Waals surface area contributed by atoms with E-state index in [-0.39, 0.29) is 25.8 Å². The normalized spacial score (nSPS) is 11.5. The molecule has 0 atom stereocenters. The van der Waals surface area contributed by atoms with Gasteiger partial charge in [0.05, 0.1) is 20.5 Å². The van der Waals surface area contributed by atoms with Gasteiger partial charge in [0, 0.05) is 12.1 Å². The average Bonchev–Trinajstić information content (AvgIpc) is 2.64. The molecular formula is C18H16Cl2N2O8S. The molecule has 2 rings (SSSR count). The maximum Gasteiger partial charge on any atom is 0.459 e. The van der Waals surface area contributed by atoms with E-state index in [4.69, 9.17) is 32.8 Å². The molecular weight excluding hydrogens is 475 g/mol. The first kappa shape index (κ1) is 24.4. The van der Waals surface area contributed by atoms with Crippen molar-refractivity contribution in [3.63, 3.8) is 0 Å². The van der Waals surface area contributed by atoms with Crippen LogP contribution in [-0.2, 0) is 19.6 Å². The van der Waals surface area contributed by atoms with Crippen LogP contribution in [0.15, 0.2) is 47.4 Å². The van der Waals surface area contributed by atoms with E-state index in [1.165, 1.54) is 39.0 Å². The number of benzene rings is 2. The fourth-order valence-electron chi connectivity index (χ4n) is 2.14. The predicted molar refractivity (Wildman–Crippen MR) is 110 cm³/mol. The fourth-order valence-corrected chi connectivity index (χ4v) is 4.32. The number of ether oxygens (including phenoxy) is 1. The van der Waals surface area contributed by atoms with Crippen LogP contribution in [0.5, 0.6) is 0 Å². The van der Waals surface area contributed by atoms with Gasteiger partial charge in [0.25, 0.3) is 5.69 Å². The molecule has 1 amide bonds. The fraction of sp³-hybridized carbons (Fsp3) is 0.222. The molecule has 2 aromatic rings. The van der Waals surface area contributed by atoms with E-state index in [9.17, 15) is 28.1 Å². The number of carbonyl (C=O) groups is 2. The summed E-state index contributed by atoms with van der Waals surface area (Å²) in [6.07, 6.45) is -1.53. The number of sulfonamides is 1. The van der Waals surface area contributed by atoms with Gasteiger partial charge in [-0.2, -0.15) is 8.42 Å². The van der Waals surface area contributed by atoms with E-state index in [1.807, 2.05) is 0 Å². The van der Waals surface area contributed by atoms with Crippen LogP contribution in [0.1, 0.15) is 31.1 Å². The number of halogens is 2. The summed E-state index contributed by atoms with van der Waals surface area (Å²) >= 11 is 11.9. The minimum Gasteiger partial charge on any atom is -0.441 e. The van der Waals surface area contributed by atoms with Crippen LogP contribution in [-0.4, -0.2) is 35.5 Å². The molecule has 0 aliphatic carbocycles. The molecule has 0 aromatic heterocycles. The summed E-state index contributed by atoms with van der Waals surface area (Å²) in [6, 6.07) is 7.88. The molecule has 0 bridgehead atoms. The monoisotopic (exact) mass is 490 g/mol. The summed E-state index contributed by atoms with van der Waals surface area (Å²) in [5.74, 6) is -1.30. The van der Waals surface area contributed by atoms with Crippen molar-refractivity contribution in [2.45, 2.75) is 31.3 Å². The van der Waals surface area contributed by atoms with Gasteiger partial charge in [-0.25, -0.2) is 9.59 Å². The summed E-state index contributed by atoms with van der Waals surface area (Å²) in [5.41, 5.74) is -1.72. The van der Waals surface area contributed by atoms with Crippen LogP contribution in [0.2, 0.25) is 10.0 Å². The van der Waals surface area contributed by atoms with Crippen LogP contribution in [0.3, 0.4) is 0 Å². The van der Waals surface area contributed by atoms with Crippen molar-refractivity contribution in [2.75, 3.05) is 0 Å². The second-order valence-electron chi connectivity index (χ2n) is 6.95. The summed E-state index contributed by atoms with van der Waals surface area (Å²) < 4.78 is 31.0. The van der Waals surface area contributed by atoms with Gasteiger partial charge in [-0.15, -0.1) is 0 Å². The third-order valence-corrected chi connectivity index (χ3v) is 5.89. The van der Waals surface area contributed by atoms with E-state index >= 15 is 0 Å². The van der Waals surface area contributed by atoms with Crippen LogP contribution < -0.4 is 0 Å². The smallest absolute Gasteiger partial charge is 0.441 e. The van der Waals surface area contributed by atoms with E-state index in [0.29, 0.717) is 0 Å². The molecule has 0 aliphatic rings. The number of nitrogens with zero attached hydrogens (tertiary/aromatic N) is 2. The van der Waals surface area contributed by atoms with Gasteiger partial charge in [0.2, 0.25) is 0 Å². The highest BCUT2D eigenvalue weighted by atomic mass is 35.5. The standard InChI is InChI=1S/C18H16Cl2N2O8S/c1-18(2,3)29-17(24)22(31(27,28)15-13(19)5-4-6-14(15)20)30-16(23)11-7-9-12(10-8-11)21(25)26/h4-10H,1-3H3. The summed E-state index contributed by atoms with van der Waals surface area (Å²) in [4.78, 5) is 39.3. The number of nitro groups is 1. The molecule has 10 nitrogen and oxygen atoms in total. The van der Waals surface area contributed by atoms with Crippen LogP contribution in [0.25, 0.3) is 0 Å². The molecule has 0 N–H and O–H groups in total. The molecule has 0 radical (unpaired) electrons. The average molecular weight is 491 g/mol. The van der Waals surface area contributed by atoms with E-state index in [0.717, 1.165) is 24.3 Å². The van der Waals surface area contributed by atoms with E-state index in [2.05, 4.69) is 0 Å².